The number of para-hydroxylation sites is 3. The smallest absolute Gasteiger partial charge is 0.259 e. The van der Waals surface area contributed by atoms with Gasteiger partial charge in [0, 0.05) is 5.56 Å². The minimum Gasteiger partial charge on any atom is -0.506 e. The number of phenols is 1. The number of rotatable bonds is 3. The number of benzene rings is 3. The molecule has 1 spiro atoms. The number of nitrogens with one attached hydrogen (secondary N) is 1. The van der Waals surface area contributed by atoms with Gasteiger partial charge < -0.3 is 10.4 Å². The molecule has 168 valence electrons. The number of hydrogen-bond acceptors (Lipinski definition) is 3. The van der Waals surface area contributed by atoms with Crippen molar-refractivity contribution in [3.05, 3.63) is 89.7 Å². The fraction of sp³-hybridized carbons (Fsp3) is 0.259. The highest BCUT2D eigenvalue weighted by atomic mass is 19.1. The van der Waals surface area contributed by atoms with Gasteiger partial charge in [0.15, 0.2) is 0 Å². The van der Waals surface area contributed by atoms with Crippen LogP contribution in [-0.4, -0.2) is 22.5 Å². The summed E-state index contributed by atoms with van der Waals surface area (Å²) < 4.78 is 15.1. The lowest BCUT2D eigenvalue weighted by atomic mass is 9.65. The van der Waals surface area contributed by atoms with E-state index in [0.717, 1.165) is 19.3 Å². The zero-order chi connectivity index (χ0) is 23.0. The molecule has 33 heavy (non-hydrogen) atoms. The molecule has 1 saturated carbocycles. The van der Waals surface area contributed by atoms with Crippen LogP contribution in [0.4, 0.5) is 15.8 Å². The van der Waals surface area contributed by atoms with Crippen molar-refractivity contribution in [2.24, 2.45) is 0 Å². The van der Waals surface area contributed by atoms with Crippen LogP contribution in [0.3, 0.4) is 0 Å². The Morgan fingerprint density at radius 2 is 1.61 bits per heavy atom. The van der Waals surface area contributed by atoms with Gasteiger partial charge in [-0.3, -0.25) is 14.5 Å². The van der Waals surface area contributed by atoms with Crippen molar-refractivity contribution >= 4 is 23.2 Å². The molecule has 2 amide bonds. The maximum atomic E-state index is 15.1. The van der Waals surface area contributed by atoms with Gasteiger partial charge in [0.25, 0.3) is 5.91 Å². The minimum absolute atomic E-state index is 0.0327. The molecule has 1 heterocycles. The van der Waals surface area contributed by atoms with E-state index in [1.54, 1.807) is 53.4 Å². The van der Waals surface area contributed by atoms with Crippen molar-refractivity contribution in [1.29, 1.82) is 0 Å². The number of hydrogen-bond donors (Lipinski definition) is 2. The fourth-order valence-corrected chi connectivity index (χ4v) is 5.51. The van der Waals surface area contributed by atoms with Crippen LogP contribution < -0.4 is 10.2 Å². The normalized spacial score (nSPS) is 19.2. The number of aromatic hydroxyl groups is 1. The summed E-state index contributed by atoms with van der Waals surface area (Å²) in [6.07, 6.45) is 3.83. The van der Waals surface area contributed by atoms with Gasteiger partial charge in [0.2, 0.25) is 5.91 Å². The van der Waals surface area contributed by atoms with Crippen molar-refractivity contribution in [3.63, 3.8) is 0 Å². The molecule has 2 aliphatic rings. The van der Waals surface area contributed by atoms with Crippen molar-refractivity contribution in [3.8, 4) is 5.75 Å². The van der Waals surface area contributed by atoms with Crippen LogP contribution in [0.15, 0.2) is 72.8 Å². The fourth-order valence-electron chi connectivity index (χ4n) is 5.51. The van der Waals surface area contributed by atoms with Gasteiger partial charge in [-0.1, -0.05) is 61.7 Å². The predicted octanol–water partition coefficient (Wildman–Crippen LogP) is 5.62. The van der Waals surface area contributed by atoms with E-state index in [1.165, 1.54) is 12.1 Å². The zero-order valence-electron chi connectivity index (χ0n) is 18.1. The average molecular weight is 445 g/mol. The van der Waals surface area contributed by atoms with Crippen LogP contribution >= 0.6 is 0 Å². The summed E-state index contributed by atoms with van der Waals surface area (Å²) >= 11 is 0. The maximum Gasteiger partial charge on any atom is 0.259 e. The highest BCUT2D eigenvalue weighted by molar-refractivity contribution is 6.13. The summed E-state index contributed by atoms with van der Waals surface area (Å²) in [6, 6.07) is 19.9. The molecule has 1 aliphatic carbocycles. The van der Waals surface area contributed by atoms with Gasteiger partial charge >= 0.3 is 0 Å². The third-order valence-electron chi connectivity index (χ3n) is 6.92. The third-order valence-corrected chi connectivity index (χ3v) is 6.92. The Balaban J connectivity index is 1.70. The zero-order valence-corrected chi connectivity index (χ0v) is 18.1. The molecule has 3 aromatic carbocycles. The van der Waals surface area contributed by atoms with Crippen LogP contribution in [0.5, 0.6) is 5.75 Å². The van der Waals surface area contributed by atoms with Gasteiger partial charge in [-0.2, -0.15) is 0 Å². The van der Waals surface area contributed by atoms with Crippen LogP contribution in [0.2, 0.25) is 0 Å². The molecule has 1 aliphatic heterocycles. The summed E-state index contributed by atoms with van der Waals surface area (Å²) in [4.78, 5) is 29.2. The number of fused-ring (bicyclic) bond motifs is 1. The number of amides is 2. The molecule has 5 rings (SSSR count). The predicted molar refractivity (Wildman–Crippen MR) is 125 cm³/mol. The molecule has 1 fully saturated rings. The topological polar surface area (TPSA) is 69.6 Å². The highest BCUT2D eigenvalue weighted by Crippen LogP contribution is 2.51. The Morgan fingerprint density at radius 3 is 2.36 bits per heavy atom. The molecule has 0 unspecified atom stereocenters. The van der Waals surface area contributed by atoms with E-state index >= 15 is 4.39 Å². The van der Waals surface area contributed by atoms with Gasteiger partial charge in [-0.25, -0.2) is 4.39 Å². The molecule has 1 atom stereocenters. The molecular weight excluding hydrogens is 419 g/mol. The van der Waals surface area contributed by atoms with E-state index in [9.17, 15) is 14.7 Å². The first-order valence-corrected chi connectivity index (χ1v) is 11.3. The van der Waals surface area contributed by atoms with Crippen LogP contribution in [0.25, 0.3) is 0 Å². The van der Waals surface area contributed by atoms with Crippen LogP contribution in [-0.2, 0) is 4.79 Å². The first-order chi connectivity index (χ1) is 16.0. The lowest BCUT2D eigenvalue weighted by molar-refractivity contribution is -0.119. The summed E-state index contributed by atoms with van der Waals surface area (Å²) in [5, 5.41) is 13.1. The van der Waals surface area contributed by atoms with Gasteiger partial charge in [-0.05, 0) is 48.7 Å². The molecule has 6 heteroatoms. The lowest BCUT2D eigenvalue weighted by Crippen LogP contribution is -2.62. The molecule has 0 saturated heterocycles. The lowest BCUT2D eigenvalue weighted by Gasteiger charge is -2.53. The van der Waals surface area contributed by atoms with Crippen molar-refractivity contribution < 1.29 is 19.1 Å². The molecule has 3 aromatic rings. The molecule has 5 nitrogen and oxygen atoms in total. The molecule has 0 bridgehead atoms. The first-order valence-electron chi connectivity index (χ1n) is 11.3. The monoisotopic (exact) mass is 444 g/mol. The SMILES string of the molecule is O=C(Nc1ccccc1O)[C@@H]1c2ccccc2C(=O)N(c2ccccc2F)C12CCCCC2. The Kier molecular flexibility index (Phi) is 5.36. The van der Waals surface area contributed by atoms with Crippen molar-refractivity contribution in [1.82, 2.24) is 0 Å². The van der Waals surface area contributed by atoms with E-state index in [0.29, 0.717) is 29.7 Å². The van der Waals surface area contributed by atoms with E-state index < -0.39 is 17.3 Å². The number of halogens is 1. The summed E-state index contributed by atoms with van der Waals surface area (Å²) in [6.45, 7) is 0. The highest BCUT2D eigenvalue weighted by Gasteiger charge is 2.55. The third kappa shape index (κ3) is 3.46. The average Bonchev–Trinajstić information content (AvgIpc) is 2.82. The van der Waals surface area contributed by atoms with E-state index in [2.05, 4.69) is 5.32 Å². The molecule has 0 radical (unpaired) electrons. The summed E-state index contributed by atoms with van der Waals surface area (Å²) in [5.41, 5.74) is 0.638. The Bertz CT molecular complexity index is 1220. The summed E-state index contributed by atoms with van der Waals surface area (Å²) in [5.74, 6) is -1.85. The van der Waals surface area contributed by atoms with Crippen LogP contribution in [0.1, 0.15) is 53.9 Å². The number of carbonyl (C=O) groups is 2. The van der Waals surface area contributed by atoms with Gasteiger partial charge in [0.1, 0.15) is 11.6 Å². The number of anilines is 2. The Morgan fingerprint density at radius 1 is 0.939 bits per heavy atom. The standard InChI is InChI=1S/C27H25FN2O3/c28-20-12-4-6-14-22(20)30-26(33)19-11-3-2-10-18(19)24(27(30)16-8-1-9-17-27)25(32)29-21-13-5-7-15-23(21)31/h2-7,10-15,24,31H,1,8-9,16-17H2,(H,29,32)/t24-/m0/s1. The maximum absolute atomic E-state index is 15.1. The van der Waals surface area contributed by atoms with E-state index in [4.69, 9.17) is 0 Å². The van der Waals surface area contributed by atoms with Crippen molar-refractivity contribution in [2.75, 3.05) is 10.2 Å². The molecule has 0 aromatic heterocycles. The Hall–Kier alpha value is -3.67. The largest absolute Gasteiger partial charge is 0.506 e. The summed E-state index contributed by atoms with van der Waals surface area (Å²) in [7, 11) is 0. The first kappa shape index (κ1) is 21.2. The number of nitrogens with zero attached hydrogens (tertiary/aromatic N) is 1. The second-order valence-corrected chi connectivity index (χ2v) is 8.78. The van der Waals surface area contributed by atoms with Crippen molar-refractivity contribution in [2.45, 2.75) is 43.6 Å². The van der Waals surface area contributed by atoms with E-state index in [-0.39, 0.29) is 23.3 Å². The Labute approximate surface area is 191 Å². The number of carbonyl (C=O) groups excluding carboxylic acids is 2. The number of phenolic OH excluding ortho intramolecular Hbond substituents is 1. The van der Waals surface area contributed by atoms with Gasteiger partial charge in [0.05, 0.1) is 22.8 Å². The second kappa shape index (κ2) is 8.35. The van der Waals surface area contributed by atoms with E-state index in [1.807, 2.05) is 12.1 Å². The molecule has 2 N–H and O–H groups in total. The second-order valence-electron chi connectivity index (χ2n) is 8.78. The van der Waals surface area contributed by atoms with Crippen LogP contribution in [0, 0.1) is 5.82 Å². The van der Waals surface area contributed by atoms with Gasteiger partial charge in [-0.15, -0.1) is 0 Å². The molecular formula is C27H25FN2O3. The minimum atomic E-state index is -0.902. The quantitative estimate of drug-likeness (QED) is 0.516.